The molecule has 1 saturated heterocycles. The topological polar surface area (TPSA) is 149 Å². The molecule has 0 aromatic carbocycles. The van der Waals surface area contributed by atoms with Crippen LogP contribution in [0.4, 0.5) is 0 Å². The van der Waals surface area contributed by atoms with E-state index < -0.39 is 49.5 Å². The number of carbonyl (C=O) groups excluding carboxylic acids is 1. The van der Waals surface area contributed by atoms with Crippen LogP contribution in [-0.2, 0) is 14.3 Å². The Labute approximate surface area is 374 Å². The minimum atomic E-state index is -1.57. The van der Waals surface area contributed by atoms with Gasteiger partial charge in [0.25, 0.3) is 0 Å². The molecule has 1 rings (SSSR count). The quantitative estimate of drug-likeness (QED) is 0.0262. The maximum Gasteiger partial charge on any atom is 0.220 e. The molecule has 1 heterocycles. The maximum atomic E-state index is 13.0. The summed E-state index contributed by atoms with van der Waals surface area (Å²) in [5.41, 5.74) is 0. The fourth-order valence-corrected chi connectivity index (χ4v) is 8.07. The minimum Gasteiger partial charge on any atom is -0.394 e. The molecule has 1 aliphatic heterocycles. The number of unbranched alkanes of at least 4 members (excludes halogenated alkanes) is 29. The number of rotatable bonds is 43. The van der Waals surface area contributed by atoms with E-state index in [2.05, 4.69) is 43.5 Å². The van der Waals surface area contributed by atoms with E-state index in [-0.39, 0.29) is 12.5 Å². The Morgan fingerprint density at radius 3 is 1.44 bits per heavy atom. The number of aliphatic hydroxyl groups excluding tert-OH is 5. The molecular weight excluding hydrogens is 767 g/mol. The van der Waals surface area contributed by atoms with Crippen LogP contribution >= 0.6 is 0 Å². The molecule has 9 nitrogen and oxygen atoms in total. The van der Waals surface area contributed by atoms with Crippen molar-refractivity contribution in [2.24, 2.45) is 0 Å². The summed E-state index contributed by atoms with van der Waals surface area (Å²) in [4.78, 5) is 13.0. The number of ether oxygens (including phenoxy) is 2. The molecule has 9 heteroatoms. The average Bonchev–Trinajstić information content (AvgIpc) is 3.26. The van der Waals surface area contributed by atoms with Gasteiger partial charge in [-0.05, 0) is 51.4 Å². The summed E-state index contributed by atoms with van der Waals surface area (Å²) in [7, 11) is 0. The van der Waals surface area contributed by atoms with Gasteiger partial charge in [-0.15, -0.1) is 0 Å². The van der Waals surface area contributed by atoms with E-state index in [0.29, 0.717) is 6.42 Å². The first-order valence-electron chi connectivity index (χ1n) is 25.7. The third-order valence-electron chi connectivity index (χ3n) is 12.2. The largest absolute Gasteiger partial charge is 0.394 e. The molecule has 1 fully saturated rings. The van der Waals surface area contributed by atoms with Gasteiger partial charge in [0.2, 0.25) is 5.91 Å². The molecule has 0 spiro atoms. The summed E-state index contributed by atoms with van der Waals surface area (Å²) >= 11 is 0. The third kappa shape index (κ3) is 32.7. The van der Waals surface area contributed by atoms with Crippen molar-refractivity contribution in [1.82, 2.24) is 5.32 Å². The lowest BCUT2D eigenvalue weighted by Crippen LogP contribution is -2.60. The highest BCUT2D eigenvalue weighted by Gasteiger charge is 2.44. The Balaban J connectivity index is 2.30. The number of allylic oxidation sites excluding steroid dienone is 5. The van der Waals surface area contributed by atoms with E-state index in [4.69, 9.17) is 9.47 Å². The molecule has 61 heavy (non-hydrogen) atoms. The summed E-state index contributed by atoms with van der Waals surface area (Å²) in [5, 5.41) is 54.4. The highest BCUT2D eigenvalue weighted by molar-refractivity contribution is 5.76. The van der Waals surface area contributed by atoms with Gasteiger partial charge >= 0.3 is 0 Å². The molecule has 1 amide bonds. The van der Waals surface area contributed by atoms with Crippen molar-refractivity contribution in [3.63, 3.8) is 0 Å². The van der Waals surface area contributed by atoms with E-state index in [1.54, 1.807) is 6.08 Å². The van der Waals surface area contributed by atoms with Gasteiger partial charge in [-0.3, -0.25) is 4.79 Å². The summed E-state index contributed by atoms with van der Waals surface area (Å²) in [5.74, 6) is -0.184. The first kappa shape index (κ1) is 57.4. The zero-order valence-electron chi connectivity index (χ0n) is 39.4. The van der Waals surface area contributed by atoms with Gasteiger partial charge in [0, 0.05) is 6.42 Å². The van der Waals surface area contributed by atoms with Crippen molar-refractivity contribution >= 4 is 5.91 Å². The van der Waals surface area contributed by atoms with Crippen LogP contribution in [0.25, 0.3) is 0 Å². The number of carbonyl (C=O) groups is 1. The molecule has 358 valence electrons. The van der Waals surface area contributed by atoms with E-state index in [1.165, 1.54) is 154 Å². The van der Waals surface area contributed by atoms with Crippen LogP contribution in [0, 0.1) is 0 Å². The molecule has 0 aromatic rings. The van der Waals surface area contributed by atoms with Gasteiger partial charge in [0.1, 0.15) is 24.4 Å². The summed E-state index contributed by atoms with van der Waals surface area (Å²) < 4.78 is 11.2. The molecule has 7 atom stereocenters. The van der Waals surface area contributed by atoms with Crippen molar-refractivity contribution in [2.45, 2.75) is 275 Å². The highest BCUT2D eigenvalue weighted by atomic mass is 16.7. The maximum absolute atomic E-state index is 13.0. The van der Waals surface area contributed by atoms with Gasteiger partial charge in [-0.2, -0.15) is 0 Å². The first-order chi connectivity index (χ1) is 29.8. The van der Waals surface area contributed by atoms with E-state index >= 15 is 0 Å². The summed E-state index contributed by atoms with van der Waals surface area (Å²) in [6, 6.07) is -0.808. The molecule has 6 N–H and O–H groups in total. The fraction of sp³-hybridized carbons (Fsp3) is 0.865. The number of amides is 1. The second-order valence-corrected chi connectivity index (χ2v) is 18.0. The molecule has 7 unspecified atom stereocenters. The standard InChI is InChI=1S/C52H97NO8/c1-3-5-7-9-11-13-15-17-19-21-22-23-24-26-27-29-31-33-35-37-39-41-46(55)45(44-60-52-51(59)50(58)49(57)47(43-54)61-52)53-48(56)42-40-38-36-34-32-30-28-25-20-18-16-14-12-10-8-6-4-2/h12,14,18,20,39,41,45-47,49-52,54-55,57-59H,3-11,13,15-17,19,21-38,40,42-44H2,1-2H3,(H,53,56)/b14-12-,20-18-,41-39+. The lowest BCUT2D eigenvalue weighted by molar-refractivity contribution is -0.302. The highest BCUT2D eigenvalue weighted by Crippen LogP contribution is 2.23. The molecular formula is C52H97NO8. The Morgan fingerprint density at radius 1 is 0.557 bits per heavy atom. The molecule has 1 aliphatic rings. The summed E-state index contributed by atoms with van der Waals surface area (Å²) in [6.07, 6.45) is 46.2. The van der Waals surface area contributed by atoms with Gasteiger partial charge in [0.05, 0.1) is 25.4 Å². The van der Waals surface area contributed by atoms with Gasteiger partial charge in [0.15, 0.2) is 6.29 Å². The van der Waals surface area contributed by atoms with Crippen molar-refractivity contribution in [3.05, 3.63) is 36.5 Å². The molecule has 0 aromatic heterocycles. The van der Waals surface area contributed by atoms with Crippen molar-refractivity contribution in [1.29, 1.82) is 0 Å². The molecule has 0 bridgehead atoms. The Morgan fingerprint density at radius 2 is 0.967 bits per heavy atom. The van der Waals surface area contributed by atoms with Gasteiger partial charge in [-0.25, -0.2) is 0 Å². The first-order valence-corrected chi connectivity index (χ1v) is 25.7. The third-order valence-corrected chi connectivity index (χ3v) is 12.2. The lowest BCUT2D eigenvalue weighted by Gasteiger charge is -2.40. The SMILES string of the molecule is CCCCC/C=C\C/C=C\CCCCCCCCCC(=O)NC(COC1OC(CO)C(O)C(O)C1O)C(O)/C=C/CCCCCCCCCCCCCCCCCCCCC. The van der Waals surface area contributed by atoms with Gasteiger partial charge < -0.3 is 40.3 Å². The van der Waals surface area contributed by atoms with Crippen LogP contribution in [-0.4, -0.2) is 87.5 Å². The van der Waals surface area contributed by atoms with Crippen LogP contribution in [0.15, 0.2) is 36.5 Å². The Kier molecular flexibility index (Phi) is 39.9. The smallest absolute Gasteiger partial charge is 0.220 e. The van der Waals surface area contributed by atoms with E-state index in [9.17, 15) is 30.3 Å². The number of nitrogens with one attached hydrogen (secondary N) is 1. The average molecular weight is 864 g/mol. The van der Waals surface area contributed by atoms with Crippen LogP contribution in [0.2, 0.25) is 0 Å². The van der Waals surface area contributed by atoms with Crippen molar-refractivity contribution < 1.29 is 39.8 Å². The van der Waals surface area contributed by atoms with Crippen LogP contribution in [0.3, 0.4) is 0 Å². The zero-order chi connectivity index (χ0) is 44.4. The predicted molar refractivity (Wildman–Crippen MR) is 253 cm³/mol. The van der Waals surface area contributed by atoms with Crippen LogP contribution in [0.1, 0.15) is 232 Å². The second kappa shape index (κ2) is 42.4. The molecule has 0 aliphatic carbocycles. The second-order valence-electron chi connectivity index (χ2n) is 18.0. The van der Waals surface area contributed by atoms with E-state index in [0.717, 1.165) is 57.8 Å². The normalized spacial score (nSPS) is 20.7. The number of hydrogen-bond donors (Lipinski definition) is 6. The number of aliphatic hydroxyl groups is 5. The van der Waals surface area contributed by atoms with Crippen LogP contribution in [0.5, 0.6) is 0 Å². The number of hydrogen-bond acceptors (Lipinski definition) is 8. The molecule has 0 saturated carbocycles. The summed E-state index contributed by atoms with van der Waals surface area (Å²) in [6.45, 7) is 3.76. The molecule has 0 radical (unpaired) electrons. The van der Waals surface area contributed by atoms with Crippen LogP contribution < -0.4 is 5.32 Å². The monoisotopic (exact) mass is 864 g/mol. The predicted octanol–water partition coefficient (Wildman–Crippen LogP) is 11.6. The Bertz CT molecular complexity index is 1050. The Hall–Kier alpha value is -1.59. The van der Waals surface area contributed by atoms with Gasteiger partial charge in [-0.1, -0.05) is 211 Å². The zero-order valence-corrected chi connectivity index (χ0v) is 39.4. The van der Waals surface area contributed by atoms with Crippen molar-refractivity contribution in [2.75, 3.05) is 13.2 Å². The minimum absolute atomic E-state index is 0.184. The fourth-order valence-electron chi connectivity index (χ4n) is 8.07. The van der Waals surface area contributed by atoms with Crippen molar-refractivity contribution in [3.8, 4) is 0 Å². The lowest BCUT2D eigenvalue weighted by atomic mass is 9.99. The van der Waals surface area contributed by atoms with E-state index in [1.807, 2.05) is 6.08 Å².